The van der Waals surface area contributed by atoms with Gasteiger partial charge in [-0.2, -0.15) is 0 Å². The predicted molar refractivity (Wildman–Crippen MR) is 80.3 cm³/mol. The minimum Gasteiger partial charge on any atom is -0.716 e. The minimum absolute atomic E-state index is 0. The summed E-state index contributed by atoms with van der Waals surface area (Å²) >= 11 is 3.11. The van der Waals surface area contributed by atoms with Crippen LogP contribution in [0.1, 0.15) is 5.56 Å². The van der Waals surface area contributed by atoms with Crippen LogP contribution < -0.4 is 33.7 Å². The first-order valence-corrected chi connectivity index (χ1v) is 8.80. The predicted octanol–water partition coefficient (Wildman–Crippen LogP) is -0.418. The maximum Gasteiger partial charge on any atom is 1.00 e. The van der Waals surface area contributed by atoms with Crippen molar-refractivity contribution in [2.75, 3.05) is 12.5 Å². The Balaban J connectivity index is 0.00000361. The van der Waals surface area contributed by atoms with Crippen LogP contribution >= 0.6 is 23.5 Å². The van der Waals surface area contributed by atoms with Gasteiger partial charge in [0.15, 0.2) is 0 Å². The summed E-state index contributed by atoms with van der Waals surface area (Å²) < 4.78 is 36.3. The molecule has 1 aromatic rings. The third-order valence-electron chi connectivity index (χ3n) is 1.87. The molecule has 0 aliphatic carbocycles. The molecule has 0 amide bonds. The Morgan fingerprint density at radius 3 is 2.25 bits per heavy atom. The van der Waals surface area contributed by atoms with Crippen LogP contribution in [0.5, 0.6) is 5.75 Å². The number of benzene rings is 1. The first-order chi connectivity index (χ1) is 8.94. The summed E-state index contributed by atoms with van der Waals surface area (Å²) in [5.74, 6) is -0.00966. The van der Waals surface area contributed by atoms with Crippen LogP contribution in [0.4, 0.5) is 0 Å². The monoisotopic (exact) mass is 341 g/mol. The molecule has 0 radical (unpaired) electrons. The van der Waals surface area contributed by atoms with Gasteiger partial charge in [-0.3, -0.25) is 0 Å². The van der Waals surface area contributed by atoms with E-state index >= 15 is 0 Å². The smallest absolute Gasteiger partial charge is 0.716 e. The largest absolute Gasteiger partial charge is 1.00 e. The van der Waals surface area contributed by atoms with Crippen LogP contribution in [-0.4, -0.2) is 29.9 Å². The second-order valence-electron chi connectivity index (χ2n) is 3.18. The zero-order valence-corrected chi connectivity index (χ0v) is 15.7. The van der Waals surface area contributed by atoms with E-state index in [0.29, 0.717) is 0 Å². The second kappa shape index (κ2) is 9.88. The molecule has 0 bridgehead atoms. The van der Waals surface area contributed by atoms with Gasteiger partial charge in [-0.05, 0) is 36.3 Å². The van der Waals surface area contributed by atoms with Gasteiger partial charge in [0.25, 0.3) is 10.4 Å². The Hall–Kier alpha value is 0.0400. The normalized spacial score (nSPS) is 10.9. The van der Waals surface area contributed by atoms with Crippen LogP contribution in [-0.2, 0) is 10.4 Å². The Bertz CT molecular complexity index is 564. The average molecular weight is 341 g/mol. The molecule has 0 atom stereocenters. The summed E-state index contributed by atoms with van der Waals surface area (Å²) in [6.45, 7) is 0. The Labute approximate surface area is 149 Å². The van der Waals surface area contributed by atoms with E-state index in [1.165, 1.54) is 12.1 Å². The molecule has 5 nitrogen and oxygen atoms in total. The molecule has 0 aromatic heterocycles. The first-order valence-electron chi connectivity index (χ1n) is 5.02. The van der Waals surface area contributed by atoms with Gasteiger partial charge in [0.2, 0.25) is 0 Å². The van der Waals surface area contributed by atoms with Crippen molar-refractivity contribution >= 4 is 44.4 Å². The van der Waals surface area contributed by atoms with E-state index in [0.717, 1.165) is 9.94 Å². The summed E-state index contributed by atoms with van der Waals surface area (Å²) in [6, 6.07) is 6.07. The zero-order chi connectivity index (χ0) is 14.3. The molecule has 0 aliphatic rings. The molecule has 1 aromatic carbocycles. The number of hydrogen-bond donors (Lipinski definition) is 0. The molecule has 0 saturated carbocycles. The van der Waals surface area contributed by atoms with Crippen molar-refractivity contribution in [1.29, 1.82) is 0 Å². The van der Waals surface area contributed by atoms with Crippen molar-refractivity contribution in [3.8, 4) is 5.75 Å². The number of nitrogens with zero attached hydrogens (tertiary/aromatic N) is 1. The van der Waals surface area contributed by atoms with Crippen LogP contribution in [0, 0.1) is 0 Å². The van der Waals surface area contributed by atoms with Gasteiger partial charge in [0.1, 0.15) is 10.1 Å². The number of hydrogen-bond acceptors (Lipinski definition) is 7. The first kappa shape index (κ1) is 20.0. The van der Waals surface area contributed by atoms with E-state index in [2.05, 4.69) is 9.18 Å². The third-order valence-corrected chi connectivity index (χ3v) is 4.18. The summed E-state index contributed by atoms with van der Waals surface area (Å²) in [4.78, 5) is 4.22. The topological polar surface area (TPSA) is 78.8 Å². The van der Waals surface area contributed by atoms with E-state index in [9.17, 15) is 13.0 Å². The van der Waals surface area contributed by atoms with Gasteiger partial charge < -0.3 is 8.74 Å². The van der Waals surface area contributed by atoms with Crippen LogP contribution in [0.15, 0.2) is 35.5 Å². The summed E-state index contributed by atoms with van der Waals surface area (Å²) in [6.07, 6.45) is 7.31. The van der Waals surface area contributed by atoms with Gasteiger partial charge in [-0.1, -0.05) is 12.1 Å². The molecule has 0 heterocycles. The van der Waals surface area contributed by atoms with Crippen LogP contribution in [0.3, 0.4) is 0 Å². The fraction of sp³-hybridized carbons (Fsp3) is 0.182. The molecule has 0 N–H and O–H groups in total. The number of aliphatic imine (C=N–C) groups is 1. The minimum atomic E-state index is -4.72. The summed E-state index contributed by atoms with van der Waals surface area (Å²) in [5, 5.41) is 0. The Morgan fingerprint density at radius 2 is 1.80 bits per heavy atom. The SMILES string of the molecule is CSC(=N/C=C\c1ccc(OS(=O)(=O)[O-])cc1)SC.[Na+]. The van der Waals surface area contributed by atoms with Gasteiger partial charge in [0.05, 0.1) is 0 Å². The standard InChI is InChI=1S/C11H13NO4S3.Na/c1-17-11(18-2)12-8-7-9-3-5-10(6-4-9)16-19(13,14)15;/h3-8H,1-2H3,(H,13,14,15);/q;+1/p-1/b8-7-;. The van der Waals surface area contributed by atoms with E-state index in [-0.39, 0.29) is 35.3 Å². The zero-order valence-electron chi connectivity index (χ0n) is 11.3. The van der Waals surface area contributed by atoms with E-state index in [1.54, 1.807) is 47.9 Å². The van der Waals surface area contributed by atoms with E-state index in [1.807, 2.05) is 12.5 Å². The molecular weight excluding hydrogens is 329 g/mol. The second-order valence-corrected chi connectivity index (χ2v) is 6.01. The fourth-order valence-electron chi connectivity index (χ4n) is 1.13. The molecule has 0 saturated heterocycles. The fourth-order valence-corrected chi connectivity index (χ4v) is 2.47. The molecule has 0 aliphatic heterocycles. The Morgan fingerprint density at radius 1 is 1.25 bits per heavy atom. The number of thioether (sulfide) groups is 2. The summed E-state index contributed by atoms with van der Waals surface area (Å²) in [7, 11) is -4.72. The molecule has 0 fully saturated rings. The summed E-state index contributed by atoms with van der Waals surface area (Å²) in [5.41, 5.74) is 0.820. The van der Waals surface area contributed by atoms with Crippen LogP contribution in [0.25, 0.3) is 6.08 Å². The van der Waals surface area contributed by atoms with Crippen molar-refractivity contribution in [2.45, 2.75) is 0 Å². The van der Waals surface area contributed by atoms with Gasteiger partial charge in [0, 0.05) is 6.20 Å². The third kappa shape index (κ3) is 8.35. The molecule has 9 heteroatoms. The average Bonchev–Trinajstić information content (AvgIpc) is 2.35. The van der Waals surface area contributed by atoms with Crippen molar-refractivity contribution in [3.63, 3.8) is 0 Å². The van der Waals surface area contributed by atoms with E-state index < -0.39 is 10.4 Å². The number of rotatable bonds is 4. The maximum absolute atomic E-state index is 10.4. The van der Waals surface area contributed by atoms with Crippen molar-refractivity contribution in [3.05, 3.63) is 36.0 Å². The molecule has 104 valence electrons. The molecule has 0 unspecified atom stereocenters. The maximum atomic E-state index is 10.4. The van der Waals surface area contributed by atoms with Crippen molar-refractivity contribution in [1.82, 2.24) is 0 Å². The van der Waals surface area contributed by atoms with E-state index in [4.69, 9.17) is 0 Å². The van der Waals surface area contributed by atoms with Gasteiger partial charge in [-0.25, -0.2) is 13.4 Å². The molecule has 1 rings (SSSR count). The van der Waals surface area contributed by atoms with Gasteiger partial charge in [-0.15, -0.1) is 23.5 Å². The van der Waals surface area contributed by atoms with Crippen molar-refractivity contribution in [2.24, 2.45) is 4.99 Å². The molecule has 0 spiro atoms. The van der Waals surface area contributed by atoms with Crippen molar-refractivity contribution < 1.29 is 46.7 Å². The molecule has 20 heavy (non-hydrogen) atoms. The van der Waals surface area contributed by atoms with Crippen LogP contribution in [0.2, 0.25) is 0 Å². The quantitative estimate of drug-likeness (QED) is 0.243. The Kier molecular flexibility index (Phi) is 9.90. The van der Waals surface area contributed by atoms with Gasteiger partial charge >= 0.3 is 29.6 Å². The molecular formula is C11H12NNaO4S3.